The van der Waals surface area contributed by atoms with Gasteiger partial charge < -0.3 is 10.1 Å². The Hall–Kier alpha value is -1.74. The Morgan fingerprint density at radius 1 is 1.26 bits per heavy atom. The molecule has 0 bridgehead atoms. The van der Waals surface area contributed by atoms with Crippen molar-refractivity contribution >= 4 is 17.4 Å². The summed E-state index contributed by atoms with van der Waals surface area (Å²) < 4.78 is 5.42. The van der Waals surface area contributed by atoms with Crippen LogP contribution in [0.15, 0.2) is 36.4 Å². The van der Waals surface area contributed by atoms with E-state index in [0.717, 1.165) is 17.1 Å². The third kappa shape index (κ3) is 3.38. The molecule has 2 rings (SSSR count). The Balaban J connectivity index is 2.22. The minimum absolute atomic E-state index is 0.0847. The molecular formula is C15H17ClN2O. The van der Waals surface area contributed by atoms with Gasteiger partial charge in [-0.2, -0.15) is 0 Å². The SMILES string of the molecule is COc1cc(C)ccc1C(C)Nc1cccc(Cl)n1. The molecule has 2 aromatic rings. The van der Waals surface area contributed by atoms with E-state index in [2.05, 4.69) is 29.4 Å². The number of nitrogens with zero attached hydrogens (tertiary/aromatic N) is 1. The monoisotopic (exact) mass is 276 g/mol. The van der Waals surface area contributed by atoms with Crippen molar-refractivity contribution in [2.24, 2.45) is 0 Å². The number of rotatable bonds is 4. The molecule has 0 radical (unpaired) electrons. The fourth-order valence-electron chi connectivity index (χ4n) is 1.96. The zero-order chi connectivity index (χ0) is 13.8. The van der Waals surface area contributed by atoms with Gasteiger partial charge in [0.15, 0.2) is 0 Å². The van der Waals surface area contributed by atoms with Gasteiger partial charge in [0.1, 0.15) is 16.7 Å². The van der Waals surface area contributed by atoms with Crippen LogP contribution >= 0.6 is 11.6 Å². The van der Waals surface area contributed by atoms with Gasteiger partial charge in [-0.05, 0) is 37.6 Å². The maximum Gasteiger partial charge on any atom is 0.131 e. The van der Waals surface area contributed by atoms with E-state index >= 15 is 0 Å². The molecule has 1 aromatic carbocycles. The van der Waals surface area contributed by atoms with E-state index in [-0.39, 0.29) is 6.04 Å². The van der Waals surface area contributed by atoms with E-state index in [4.69, 9.17) is 16.3 Å². The second-order valence-electron chi connectivity index (χ2n) is 4.46. The first-order valence-corrected chi connectivity index (χ1v) is 6.51. The summed E-state index contributed by atoms with van der Waals surface area (Å²) in [7, 11) is 1.68. The van der Waals surface area contributed by atoms with Crippen LogP contribution in [0.25, 0.3) is 0 Å². The predicted octanol–water partition coefficient (Wildman–Crippen LogP) is 4.23. The zero-order valence-corrected chi connectivity index (χ0v) is 12.0. The predicted molar refractivity (Wildman–Crippen MR) is 79.0 cm³/mol. The minimum Gasteiger partial charge on any atom is -0.496 e. The highest BCUT2D eigenvalue weighted by atomic mass is 35.5. The van der Waals surface area contributed by atoms with Crippen LogP contribution in [-0.2, 0) is 0 Å². The molecule has 0 saturated heterocycles. The lowest BCUT2D eigenvalue weighted by Crippen LogP contribution is -2.09. The lowest BCUT2D eigenvalue weighted by atomic mass is 10.0. The Bertz CT molecular complexity index is 572. The van der Waals surface area contributed by atoms with E-state index in [9.17, 15) is 0 Å². The highest BCUT2D eigenvalue weighted by molar-refractivity contribution is 6.29. The molecule has 19 heavy (non-hydrogen) atoms. The molecule has 0 amide bonds. The standard InChI is InChI=1S/C15H17ClN2O/c1-10-7-8-12(13(9-10)19-3)11(2)17-15-6-4-5-14(16)18-15/h4-9,11H,1-3H3,(H,17,18). The van der Waals surface area contributed by atoms with Crippen LogP contribution in [0.1, 0.15) is 24.1 Å². The maximum atomic E-state index is 5.88. The van der Waals surface area contributed by atoms with Crippen molar-refractivity contribution in [1.29, 1.82) is 0 Å². The van der Waals surface area contributed by atoms with Crippen molar-refractivity contribution < 1.29 is 4.74 Å². The van der Waals surface area contributed by atoms with Crippen molar-refractivity contribution in [2.45, 2.75) is 19.9 Å². The van der Waals surface area contributed by atoms with Crippen LogP contribution < -0.4 is 10.1 Å². The van der Waals surface area contributed by atoms with Crippen molar-refractivity contribution in [3.05, 3.63) is 52.7 Å². The van der Waals surface area contributed by atoms with Crippen LogP contribution in [0.2, 0.25) is 5.15 Å². The molecule has 0 aliphatic rings. The summed E-state index contributed by atoms with van der Waals surface area (Å²) in [5.41, 5.74) is 2.27. The molecule has 0 spiro atoms. The smallest absolute Gasteiger partial charge is 0.131 e. The van der Waals surface area contributed by atoms with Gasteiger partial charge in [-0.1, -0.05) is 29.8 Å². The number of hydrogen-bond donors (Lipinski definition) is 1. The summed E-state index contributed by atoms with van der Waals surface area (Å²) in [6, 6.07) is 11.8. The van der Waals surface area contributed by atoms with E-state index < -0.39 is 0 Å². The Morgan fingerprint density at radius 3 is 2.74 bits per heavy atom. The number of aryl methyl sites for hydroxylation is 1. The quantitative estimate of drug-likeness (QED) is 0.849. The van der Waals surface area contributed by atoms with Crippen LogP contribution in [0.3, 0.4) is 0 Å². The molecule has 3 nitrogen and oxygen atoms in total. The summed E-state index contributed by atoms with van der Waals surface area (Å²) >= 11 is 5.88. The fraction of sp³-hybridized carbons (Fsp3) is 0.267. The second-order valence-corrected chi connectivity index (χ2v) is 4.84. The Morgan fingerprint density at radius 2 is 2.05 bits per heavy atom. The summed E-state index contributed by atoms with van der Waals surface area (Å²) in [4.78, 5) is 4.23. The number of pyridine rings is 1. The number of methoxy groups -OCH3 is 1. The van der Waals surface area contributed by atoms with Crippen LogP contribution in [0.5, 0.6) is 5.75 Å². The number of benzene rings is 1. The van der Waals surface area contributed by atoms with Gasteiger partial charge in [0.25, 0.3) is 0 Å². The summed E-state index contributed by atoms with van der Waals surface area (Å²) in [5, 5.41) is 3.80. The summed E-state index contributed by atoms with van der Waals surface area (Å²) in [6.45, 7) is 4.11. The highest BCUT2D eigenvalue weighted by Crippen LogP contribution is 2.28. The Kier molecular flexibility index (Phi) is 4.27. The average molecular weight is 277 g/mol. The van der Waals surface area contributed by atoms with E-state index in [1.165, 1.54) is 5.56 Å². The molecule has 1 atom stereocenters. The molecule has 1 unspecified atom stereocenters. The number of nitrogens with one attached hydrogen (secondary N) is 1. The highest BCUT2D eigenvalue weighted by Gasteiger charge is 2.12. The average Bonchev–Trinajstić information content (AvgIpc) is 2.38. The second kappa shape index (κ2) is 5.93. The van der Waals surface area contributed by atoms with Gasteiger partial charge in [0.05, 0.1) is 13.2 Å². The van der Waals surface area contributed by atoms with Crippen molar-refractivity contribution in [3.63, 3.8) is 0 Å². The molecule has 0 saturated carbocycles. The molecule has 0 fully saturated rings. The zero-order valence-electron chi connectivity index (χ0n) is 11.3. The lowest BCUT2D eigenvalue weighted by molar-refractivity contribution is 0.407. The fourth-order valence-corrected chi connectivity index (χ4v) is 2.13. The van der Waals surface area contributed by atoms with Crippen molar-refractivity contribution in [2.75, 3.05) is 12.4 Å². The molecule has 0 aliphatic heterocycles. The third-order valence-electron chi connectivity index (χ3n) is 2.93. The van der Waals surface area contributed by atoms with Gasteiger partial charge in [-0.25, -0.2) is 4.98 Å². The molecule has 1 heterocycles. The summed E-state index contributed by atoms with van der Waals surface area (Å²) in [5.74, 6) is 1.63. The Labute approximate surface area is 118 Å². The summed E-state index contributed by atoms with van der Waals surface area (Å²) in [6.07, 6.45) is 0. The van der Waals surface area contributed by atoms with Gasteiger partial charge in [-0.3, -0.25) is 0 Å². The number of hydrogen-bond acceptors (Lipinski definition) is 3. The molecule has 100 valence electrons. The van der Waals surface area contributed by atoms with Gasteiger partial charge in [-0.15, -0.1) is 0 Å². The molecule has 1 N–H and O–H groups in total. The lowest BCUT2D eigenvalue weighted by Gasteiger charge is -2.18. The van der Waals surface area contributed by atoms with Crippen LogP contribution in [0, 0.1) is 6.92 Å². The molecule has 1 aromatic heterocycles. The first-order chi connectivity index (χ1) is 9.10. The van der Waals surface area contributed by atoms with E-state index in [1.54, 1.807) is 13.2 Å². The number of ether oxygens (including phenoxy) is 1. The van der Waals surface area contributed by atoms with Gasteiger partial charge in [0, 0.05) is 5.56 Å². The van der Waals surface area contributed by atoms with Crippen molar-refractivity contribution in [3.8, 4) is 5.75 Å². The van der Waals surface area contributed by atoms with Crippen LogP contribution in [-0.4, -0.2) is 12.1 Å². The van der Waals surface area contributed by atoms with Gasteiger partial charge >= 0.3 is 0 Å². The number of halogens is 1. The van der Waals surface area contributed by atoms with Crippen LogP contribution in [0.4, 0.5) is 5.82 Å². The number of anilines is 1. The first kappa shape index (κ1) is 13.7. The molecule has 4 heteroatoms. The van der Waals surface area contributed by atoms with Crippen molar-refractivity contribution in [1.82, 2.24) is 4.98 Å². The van der Waals surface area contributed by atoms with E-state index in [0.29, 0.717) is 5.15 Å². The molecule has 0 aliphatic carbocycles. The van der Waals surface area contributed by atoms with E-state index in [1.807, 2.05) is 25.1 Å². The molecular weight excluding hydrogens is 260 g/mol. The number of aromatic nitrogens is 1. The largest absolute Gasteiger partial charge is 0.496 e. The normalized spacial score (nSPS) is 12.0. The first-order valence-electron chi connectivity index (χ1n) is 6.14. The topological polar surface area (TPSA) is 34.1 Å². The third-order valence-corrected chi connectivity index (χ3v) is 3.15. The minimum atomic E-state index is 0.0847. The maximum absolute atomic E-state index is 5.88. The van der Waals surface area contributed by atoms with Gasteiger partial charge in [0.2, 0.25) is 0 Å².